The average molecular weight is 332 g/mol. The number of aromatic nitrogens is 1. The van der Waals surface area contributed by atoms with Crippen molar-refractivity contribution in [2.45, 2.75) is 18.2 Å². The maximum absolute atomic E-state index is 12.0. The van der Waals surface area contributed by atoms with Gasteiger partial charge in [0.2, 0.25) is 10.0 Å². The molecular formula is C13H18ClN3O3S. The summed E-state index contributed by atoms with van der Waals surface area (Å²) >= 11 is 0. The van der Waals surface area contributed by atoms with Gasteiger partial charge in [-0.15, -0.1) is 12.4 Å². The van der Waals surface area contributed by atoms with E-state index in [4.69, 9.17) is 10.2 Å². The lowest BCUT2D eigenvalue weighted by molar-refractivity contribution is 0.521. The van der Waals surface area contributed by atoms with Crippen LogP contribution in [0.25, 0.3) is 11.3 Å². The highest BCUT2D eigenvalue weighted by molar-refractivity contribution is 7.89. The molecule has 6 nitrogen and oxygen atoms in total. The molecule has 0 amide bonds. The fraction of sp³-hybridized carbons (Fsp3) is 0.308. The molecule has 0 saturated carbocycles. The second-order valence-electron chi connectivity index (χ2n) is 4.32. The van der Waals surface area contributed by atoms with Gasteiger partial charge in [0.25, 0.3) is 0 Å². The van der Waals surface area contributed by atoms with E-state index in [1.165, 1.54) is 0 Å². The fourth-order valence-electron chi connectivity index (χ4n) is 1.69. The second-order valence-corrected chi connectivity index (χ2v) is 6.08. The van der Waals surface area contributed by atoms with Gasteiger partial charge in [0.1, 0.15) is 12.0 Å². The number of hydrogen-bond acceptors (Lipinski definition) is 5. The molecule has 0 aliphatic rings. The zero-order valence-corrected chi connectivity index (χ0v) is 13.2. The van der Waals surface area contributed by atoms with E-state index in [1.54, 1.807) is 37.5 Å². The Morgan fingerprint density at radius 3 is 2.48 bits per heavy atom. The molecule has 116 valence electrons. The van der Waals surface area contributed by atoms with Gasteiger partial charge in [-0.1, -0.05) is 12.1 Å². The molecule has 1 aromatic heterocycles. The van der Waals surface area contributed by atoms with Crippen molar-refractivity contribution < 1.29 is 12.8 Å². The molecule has 1 heterocycles. The fourth-order valence-corrected chi connectivity index (χ4v) is 2.77. The molecule has 0 spiro atoms. The van der Waals surface area contributed by atoms with Crippen LogP contribution in [0, 0.1) is 6.92 Å². The van der Waals surface area contributed by atoms with Crippen LogP contribution >= 0.6 is 12.4 Å². The van der Waals surface area contributed by atoms with Gasteiger partial charge in [0, 0.05) is 19.0 Å². The number of oxazole rings is 1. The van der Waals surface area contributed by atoms with Crippen molar-refractivity contribution in [3.63, 3.8) is 0 Å². The quantitative estimate of drug-likeness (QED) is 0.785. The van der Waals surface area contributed by atoms with Gasteiger partial charge < -0.3 is 10.2 Å². The van der Waals surface area contributed by atoms with E-state index in [1.807, 2.05) is 0 Å². The van der Waals surface area contributed by atoms with E-state index >= 15 is 0 Å². The van der Waals surface area contributed by atoms with Crippen LogP contribution in [0.3, 0.4) is 0 Å². The van der Waals surface area contributed by atoms with Gasteiger partial charge in [-0.3, -0.25) is 0 Å². The van der Waals surface area contributed by atoms with Crippen molar-refractivity contribution in [3.05, 3.63) is 36.4 Å². The summed E-state index contributed by atoms with van der Waals surface area (Å²) in [6.07, 6.45) is 2.15. The van der Waals surface area contributed by atoms with Gasteiger partial charge in [0.05, 0.1) is 4.90 Å². The number of rotatable bonds is 6. The number of nitrogens with zero attached hydrogens (tertiary/aromatic N) is 1. The maximum atomic E-state index is 12.0. The SMILES string of the molecule is Cc1nc(-c2ccc(S(=O)(=O)NCCCN)cc2)co1.Cl. The minimum atomic E-state index is -3.48. The minimum Gasteiger partial charge on any atom is -0.449 e. The maximum Gasteiger partial charge on any atom is 0.240 e. The predicted octanol–water partition coefficient (Wildman–Crippen LogP) is 1.70. The lowest BCUT2D eigenvalue weighted by atomic mass is 10.2. The Morgan fingerprint density at radius 1 is 1.29 bits per heavy atom. The molecule has 0 aliphatic carbocycles. The van der Waals surface area contributed by atoms with Gasteiger partial charge in [-0.25, -0.2) is 18.1 Å². The molecule has 3 N–H and O–H groups in total. The van der Waals surface area contributed by atoms with Crippen LogP contribution in [0.2, 0.25) is 0 Å². The second kappa shape index (κ2) is 7.56. The summed E-state index contributed by atoms with van der Waals surface area (Å²) < 4.78 is 31.6. The van der Waals surface area contributed by atoms with Crippen LogP contribution < -0.4 is 10.5 Å². The normalized spacial score (nSPS) is 11.1. The number of aryl methyl sites for hydroxylation is 1. The number of nitrogens with two attached hydrogens (primary N) is 1. The number of nitrogens with one attached hydrogen (secondary N) is 1. The van der Waals surface area contributed by atoms with Crippen molar-refractivity contribution in [2.24, 2.45) is 5.73 Å². The molecule has 0 unspecified atom stereocenters. The molecule has 0 radical (unpaired) electrons. The Morgan fingerprint density at radius 2 is 1.95 bits per heavy atom. The van der Waals surface area contributed by atoms with E-state index in [0.29, 0.717) is 31.1 Å². The largest absolute Gasteiger partial charge is 0.449 e. The molecule has 2 rings (SSSR count). The van der Waals surface area contributed by atoms with E-state index < -0.39 is 10.0 Å². The zero-order valence-electron chi connectivity index (χ0n) is 11.6. The summed E-state index contributed by atoms with van der Waals surface area (Å²) in [4.78, 5) is 4.41. The van der Waals surface area contributed by atoms with E-state index in [9.17, 15) is 8.42 Å². The molecular weight excluding hydrogens is 314 g/mol. The van der Waals surface area contributed by atoms with Crippen molar-refractivity contribution in [2.75, 3.05) is 13.1 Å². The van der Waals surface area contributed by atoms with E-state index in [2.05, 4.69) is 9.71 Å². The lowest BCUT2D eigenvalue weighted by Crippen LogP contribution is -2.26. The Bertz CT molecular complexity index is 668. The summed E-state index contributed by atoms with van der Waals surface area (Å²) in [5.41, 5.74) is 6.82. The third kappa shape index (κ3) is 4.53. The van der Waals surface area contributed by atoms with Crippen molar-refractivity contribution in [1.82, 2.24) is 9.71 Å². The number of hydrogen-bond donors (Lipinski definition) is 2. The summed E-state index contributed by atoms with van der Waals surface area (Å²) in [5.74, 6) is 0.570. The molecule has 8 heteroatoms. The third-order valence-electron chi connectivity index (χ3n) is 2.75. The monoisotopic (exact) mass is 331 g/mol. The van der Waals surface area contributed by atoms with Crippen LogP contribution in [0.5, 0.6) is 0 Å². The van der Waals surface area contributed by atoms with Gasteiger partial charge in [-0.05, 0) is 25.1 Å². The number of halogens is 1. The van der Waals surface area contributed by atoms with Crippen LogP contribution in [-0.4, -0.2) is 26.5 Å². The van der Waals surface area contributed by atoms with Crippen LogP contribution in [0.4, 0.5) is 0 Å². The van der Waals surface area contributed by atoms with E-state index in [-0.39, 0.29) is 17.3 Å². The molecule has 0 saturated heterocycles. The standard InChI is InChI=1S/C13H17N3O3S.ClH/c1-10-16-13(9-19-10)11-3-5-12(6-4-11)20(17,18)15-8-2-7-14;/h3-6,9,15H,2,7-8,14H2,1H3;1H. The summed E-state index contributed by atoms with van der Waals surface area (Å²) in [7, 11) is -3.48. The predicted molar refractivity (Wildman–Crippen MR) is 82.8 cm³/mol. The third-order valence-corrected chi connectivity index (χ3v) is 4.23. The first-order chi connectivity index (χ1) is 9.53. The first-order valence-corrected chi connectivity index (χ1v) is 7.73. The molecule has 21 heavy (non-hydrogen) atoms. The number of benzene rings is 1. The van der Waals surface area contributed by atoms with Gasteiger partial charge in [0.15, 0.2) is 5.89 Å². The zero-order chi connectivity index (χ0) is 14.6. The minimum absolute atomic E-state index is 0. The van der Waals surface area contributed by atoms with Gasteiger partial charge >= 0.3 is 0 Å². The average Bonchev–Trinajstić information content (AvgIpc) is 2.86. The van der Waals surface area contributed by atoms with Crippen molar-refractivity contribution in [1.29, 1.82) is 0 Å². The Hall–Kier alpha value is -1.41. The highest BCUT2D eigenvalue weighted by Crippen LogP contribution is 2.20. The lowest BCUT2D eigenvalue weighted by Gasteiger charge is -2.06. The number of sulfonamides is 1. The molecule has 1 aromatic carbocycles. The Labute approximate surface area is 130 Å². The Balaban J connectivity index is 0.00000220. The van der Waals surface area contributed by atoms with Crippen molar-refractivity contribution >= 4 is 22.4 Å². The highest BCUT2D eigenvalue weighted by atomic mass is 35.5. The topological polar surface area (TPSA) is 98.2 Å². The first-order valence-electron chi connectivity index (χ1n) is 6.25. The van der Waals surface area contributed by atoms with Crippen LogP contribution in [0.15, 0.2) is 39.8 Å². The smallest absolute Gasteiger partial charge is 0.240 e. The summed E-state index contributed by atoms with van der Waals surface area (Å²) in [5, 5.41) is 0. The summed E-state index contributed by atoms with van der Waals surface area (Å²) in [6.45, 7) is 2.54. The molecule has 0 fully saturated rings. The molecule has 2 aromatic rings. The Kier molecular flexibility index (Phi) is 6.35. The molecule has 0 bridgehead atoms. The van der Waals surface area contributed by atoms with E-state index in [0.717, 1.165) is 5.56 Å². The van der Waals surface area contributed by atoms with Gasteiger partial charge in [-0.2, -0.15) is 0 Å². The molecule has 0 atom stereocenters. The van der Waals surface area contributed by atoms with Crippen LogP contribution in [0.1, 0.15) is 12.3 Å². The summed E-state index contributed by atoms with van der Waals surface area (Å²) in [6, 6.07) is 6.50. The molecule has 0 aliphatic heterocycles. The van der Waals surface area contributed by atoms with Crippen molar-refractivity contribution in [3.8, 4) is 11.3 Å². The highest BCUT2D eigenvalue weighted by Gasteiger charge is 2.13. The van der Waals surface area contributed by atoms with Crippen LogP contribution in [-0.2, 0) is 10.0 Å². The first kappa shape index (κ1) is 17.6.